The minimum atomic E-state index is -0.258. The van der Waals surface area contributed by atoms with Crippen molar-refractivity contribution in [1.82, 2.24) is 4.98 Å². The largest absolute Gasteiger partial charge is 0.312 e. The number of aromatic nitrogens is 1. The van der Waals surface area contributed by atoms with E-state index in [1.165, 1.54) is 0 Å². The van der Waals surface area contributed by atoms with Gasteiger partial charge >= 0.3 is 0 Å². The molecular formula is C17H17N3O2. The van der Waals surface area contributed by atoms with E-state index in [0.29, 0.717) is 30.0 Å². The Morgan fingerprint density at radius 1 is 1.23 bits per heavy atom. The Morgan fingerprint density at radius 2 is 2.05 bits per heavy atom. The molecule has 1 saturated heterocycles. The Morgan fingerprint density at radius 3 is 2.73 bits per heavy atom. The monoisotopic (exact) mass is 295 g/mol. The number of nitrogens with one attached hydrogen (secondary N) is 1. The fourth-order valence-electron chi connectivity index (χ4n) is 2.53. The van der Waals surface area contributed by atoms with E-state index in [2.05, 4.69) is 10.3 Å². The van der Waals surface area contributed by atoms with E-state index in [-0.39, 0.29) is 11.8 Å². The number of nitrogens with zero attached hydrogens (tertiary/aromatic N) is 2. The molecule has 1 N–H and O–H groups in total. The lowest BCUT2D eigenvalue weighted by atomic mass is 10.1. The van der Waals surface area contributed by atoms with Crippen LogP contribution in [-0.2, 0) is 4.79 Å². The van der Waals surface area contributed by atoms with Crippen molar-refractivity contribution in [2.75, 3.05) is 16.8 Å². The molecule has 1 aliphatic heterocycles. The molecule has 0 saturated carbocycles. The van der Waals surface area contributed by atoms with E-state index >= 15 is 0 Å². The van der Waals surface area contributed by atoms with Crippen molar-refractivity contribution < 1.29 is 9.59 Å². The van der Waals surface area contributed by atoms with Crippen LogP contribution in [0.3, 0.4) is 0 Å². The van der Waals surface area contributed by atoms with E-state index < -0.39 is 0 Å². The molecule has 0 bridgehead atoms. The molecule has 2 aromatic rings. The summed E-state index contributed by atoms with van der Waals surface area (Å²) in [6.07, 6.45) is 3.06. The molecule has 0 unspecified atom stereocenters. The lowest BCUT2D eigenvalue weighted by Gasteiger charge is -2.19. The Labute approximate surface area is 129 Å². The predicted molar refractivity (Wildman–Crippen MR) is 85.0 cm³/mol. The van der Waals surface area contributed by atoms with E-state index in [0.717, 1.165) is 12.0 Å². The number of benzene rings is 1. The van der Waals surface area contributed by atoms with Crippen LogP contribution in [0.15, 0.2) is 42.6 Å². The van der Waals surface area contributed by atoms with Gasteiger partial charge in [0.15, 0.2) is 0 Å². The third kappa shape index (κ3) is 2.83. The number of carbonyl (C=O) groups is 2. The van der Waals surface area contributed by atoms with Gasteiger partial charge in [-0.1, -0.05) is 18.2 Å². The molecule has 0 radical (unpaired) electrons. The van der Waals surface area contributed by atoms with Crippen molar-refractivity contribution in [3.63, 3.8) is 0 Å². The lowest BCUT2D eigenvalue weighted by Crippen LogP contribution is -2.27. The van der Waals surface area contributed by atoms with Gasteiger partial charge in [0.25, 0.3) is 5.91 Å². The Bertz CT molecular complexity index is 710. The number of rotatable bonds is 3. The van der Waals surface area contributed by atoms with Crippen molar-refractivity contribution in [1.29, 1.82) is 0 Å². The summed E-state index contributed by atoms with van der Waals surface area (Å²) in [4.78, 5) is 30.3. The van der Waals surface area contributed by atoms with Gasteiger partial charge in [0.05, 0.1) is 11.3 Å². The van der Waals surface area contributed by atoms with E-state index in [1.54, 1.807) is 35.4 Å². The normalized spacial score (nSPS) is 14.2. The maximum absolute atomic E-state index is 12.5. The fraction of sp³-hybridized carbons (Fsp3) is 0.235. The quantitative estimate of drug-likeness (QED) is 0.947. The van der Waals surface area contributed by atoms with Gasteiger partial charge in [0, 0.05) is 19.2 Å². The molecule has 5 heteroatoms. The highest BCUT2D eigenvalue weighted by atomic mass is 16.2. The van der Waals surface area contributed by atoms with Crippen LogP contribution in [0.2, 0.25) is 0 Å². The molecule has 0 atom stereocenters. The zero-order chi connectivity index (χ0) is 15.5. The van der Waals surface area contributed by atoms with Gasteiger partial charge < -0.3 is 10.2 Å². The van der Waals surface area contributed by atoms with Gasteiger partial charge in [-0.2, -0.15) is 0 Å². The first-order valence-corrected chi connectivity index (χ1v) is 7.28. The summed E-state index contributed by atoms with van der Waals surface area (Å²) >= 11 is 0. The molecule has 1 aromatic heterocycles. The van der Waals surface area contributed by atoms with Gasteiger partial charge in [-0.15, -0.1) is 0 Å². The second-order valence-corrected chi connectivity index (χ2v) is 5.34. The topological polar surface area (TPSA) is 62.3 Å². The third-order valence-corrected chi connectivity index (χ3v) is 3.67. The number of anilines is 2. The molecule has 2 amide bonds. The molecule has 0 aliphatic carbocycles. The Kier molecular flexibility index (Phi) is 3.87. The van der Waals surface area contributed by atoms with Crippen molar-refractivity contribution >= 4 is 23.3 Å². The number of para-hydroxylation sites is 1. The smallest absolute Gasteiger partial charge is 0.258 e. The van der Waals surface area contributed by atoms with Crippen LogP contribution in [0.4, 0.5) is 11.5 Å². The van der Waals surface area contributed by atoms with Crippen LogP contribution in [0.25, 0.3) is 0 Å². The van der Waals surface area contributed by atoms with Crippen LogP contribution < -0.4 is 10.2 Å². The van der Waals surface area contributed by atoms with E-state index in [4.69, 9.17) is 0 Å². The summed E-state index contributed by atoms with van der Waals surface area (Å²) in [5.41, 5.74) is 2.18. The molecule has 1 aliphatic rings. The second-order valence-electron chi connectivity index (χ2n) is 5.34. The zero-order valence-corrected chi connectivity index (χ0v) is 12.4. The minimum Gasteiger partial charge on any atom is -0.312 e. The summed E-state index contributed by atoms with van der Waals surface area (Å²) in [6.45, 7) is 2.60. The average Bonchev–Trinajstić information content (AvgIpc) is 2.95. The zero-order valence-electron chi connectivity index (χ0n) is 12.4. The van der Waals surface area contributed by atoms with Gasteiger partial charge in [-0.3, -0.25) is 9.59 Å². The fourth-order valence-corrected chi connectivity index (χ4v) is 2.53. The van der Waals surface area contributed by atoms with Crippen LogP contribution in [0.5, 0.6) is 0 Å². The van der Waals surface area contributed by atoms with Gasteiger partial charge in [-0.05, 0) is 37.1 Å². The summed E-state index contributed by atoms with van der Waals surface area (Å²) in [5, 5.41) is 2.78. The number of aryl methyl sites for hydroxylation is 1. The van der Waals surface area contributed by atoms with Crippen LogP contribution in [-0.4, -0.2) is 23.3 Å². The number of amides is 2. The molecular weight excluding hydrogens is 278 g/mol. The molecule has 5 nitrogen and oxygen atoms in total. The predicted octanol–water partition coefficient (Wildman–Crippen LogP) is 2.77. The molecule has 112 valence electrons. The summed E-state index contributed by atoms with van der Waals surface area (Å²) < 4.78 is 0. The van der Waals surface area contributed by atoms with Crippen LogP contribution in [0, 0.1) is 6.92 Å². The Hall–Kier alpha value is -2.69. The lowest BCUT2D eigenvalue weighted by molar-refractivity contribution is -0.117. The highest BCUT2D eigenvalue weighted by molar-refractivity contribution is 6.10. The van der Waals surface area contributed by atoms with Crippen molar-refractivity contribution in [3.8, 4) is 0 Å². The van der Waals surface area contributed by atoms with Crippen LogP contribution >= 0.6 is 0 Å². The number of carbonyl (C=O) groups excluding carboxylic acids is 2. The molecule has 1 fully saturated rings. The van der Waals surface area contributed by atoms with Gasteiger partial charge in [0.1, 0.15) is 5.82 Å². The first kappa shape index (κ1) is 14.3. The van der Waals surface area contributed by atoms with Crippen LogP contribution in [0.1, 0.15) is 28.8 Å². The summed E-state index contributed by atoms with van der Waals surface area (Å²) in [5.74, 6) is 0.304. The third-order valence-electron chi connectivity index (χ3n) is 3.67. The maximum Gasteiger partial charge on any atom is 0.258 e. The van der Waals surface area contributed by atoms with Gasteiger partial charge in [0.2, 0.25) is 5.91 Å². The summed E-state index contributed by atoms with van der Waals surface area (Å²) in [7, 11) is 0. The molecule has 1 aromatic carbocycles. The number of hydrogen-bond acceptors (Lipinski definition) is 3. The average molecular weight is 295 g/mol. The highest BCUT2D eigenvalue weighted by Crippen LogP contribution is 2.26. The second kappa shape index (κ2) is 5.97. The highest BCUT2D eigenvalue weighted by Gasteiger charge is 2.25. The number of pyridine rings is 1. The SMILES string of the molecule is Cc1ccc(NC(=O)c2ccccc2N2CCCC2=O)nc1. The van der Waals surface area contributed by atoms with E-state index in [9.17, 15) is 9.59 Å². The minimum absolute atomic E-state index is 0.0636. The van der Waals surface area contributed by atoms with E-state index in [1.807, 2.05) is 19.1 Å². The first-order chi connectivity index (χ1) is 10.6. The molecule has 0 spiro atoms. The van der Waals surface area contributed by atoms with Crippen molar-refractivity contribution in [2.45, 2.75) is 19.8 Å². The standard InChI is InChI=1S/C17H17N3O2/c1-12-8-9-15(18-11-12)19-17(22)13-5-2-3-6-14(13)20-10-4-7-16(20)21/h2-3,5-6,8-9,11H,4,7,10H2,1H3,(H,18,19,22). The molecule has 22 heavy (non-hydrogen) atoms. The summed E-state index contributed by atoms with van der Waals surface area (Å²) in [6, 6.07) is 10.8. The Balaban J connectivity index is 1.86. The van der Waals surface area contributed by atoms with Crippen molar-refractivity contribution in [3.05, 3.63) is 53.7 Å². The molecule has 3 rings (SSSR count). The van der Waals surface area contributed by atoms with Gasteiger partial charge in [-0.25, -0.2) is 4.98 Å². The molecule has 2 heterocycles. The first-order valence-electron chi connectivity index (χ1n) is 7.28. The maximum atomic E-state index is 12.5. The number of hydrogen-bond donors (Lipinski definition) is 1. The van der Waals surface area contributed by atoms with Crippen molar-refractivity contribution in [2.24, 2.45) is 0 Å².